The lowest BCUT2D eigenvalue weighted by molar-refractivity contribution is -0.161. The molecule has 2 saturated heterocycles. The minimum atomic E-state index is -1.52. The van der Waals surface area contributed by atoms with Crippen molar-refractivity contribution in [1.29, 1.82) is 0 Å². The predicted octanol–water partition coefficient (Wildman–Crippen LogP) is -2.78. The first-order chi connectivity index (χ1) is 22.4. The number of cyclic esters (lactones) is 4. The van der Waals surface area contributed by atoms with Gasteiger partial charge in [-0.1, -0.05) is 6.92 Å². The van der Waals surface area contributed by atoms with Gasteiger partial charge in [0, 0.05) is 12.5 Å². The lowest BCUT2D eigenvalue weighted by Gasteiger charge is -2.33. The van der Waals surface area contributed by atoms with Gasteiger partial charge in [-0.2, -0.15) is 0 Å². The zero-order valence-corrected chi connectivity index (χ0v) is 26.0. The van der Waals surface area contributed by atoms with Crippen LogP contribution in [-0.2, 0) is 66.5 Å². The van der Waals surface area contributed by atoms with E-state index in [9.17, 15) is 44.4 Å². The van der Waals surface area contributed by atoms with Crippen molar-refractivity contribution in [1.82, 2.24) is 0 Å². The molecule has 2 aliphatic heterocycles. The minimum absolute atomic E-state index is 0.0862. The Hall–Kier alpha value is -3.37. The molecular formula is C27H42O20. The highest BCUT2D eigenvalue weighted by atomic mass is 16.8. The fourth-order valence-corrected chi connectivity index (χ4v) is 3.74. The highest BCUT2D eigenvalue weighted by molar-refractivity contribution is 5.80. The van der Waals surface area contributed by atoms with Crippen LogP contribution in [0.1, 0.15) is 13.3 Å². The molecule has 0 aromatic heterocycles. The SMILES string of the molecule is CCC(COCC(O)COC(=O)C(O)COC)(COCC(O)COC(=O)C1COC(=O)O1)COCC(O)COC(=O)C1COC(=O)O1. The number of aliphatic hydroxyl groups is 4. The number of carbonyl (C=O) groups excluding carboxylic acids is 5. The largest absolute Gasteiger partial charge is 0.509 e. The van der Waals surface area contributed by atoms with E-state index in [0.29, 0.717) is 6.42 Å². The smallest absolute Gasteiger partial charge is 0.461 e. The predicted molar refractivity (Wildman–Crippen MR) is 146 cm³/mol. The van der Waals surface area contributed by atoms with Crippen molar-refractivity contribution in [2.45, 2.75) is 50.0 Å². The fourth-order valence-electron chi connectivity index (χ4n) is 3.74. The van der Waals surface area contributed by atoms with Crippen LogP contribution in [0.3, 0.4) is 0 Å². The second-order valence-corrected chi connectivity index (χ2v) is 10.6. The number of methoxy groups -OCH3 is 1. The van der Waals surface area contributed by atoms with Crippen LogP contribution < -0.4 is 0 Å². The van der Waals surface area contributed by atoms with Gasteiger partial charge < -0.3 is 72.5 Å². The van der Waals surface area contributed by atoms with E-state index in [1.165, 1.54) is 7.11 Å². The molecular weight excluding hydrogens is 644 g/mol. The Morgan fingerprint density at radius 1 is 0.702 bits per heavy atom. The second-order valence-electron chi connectivity index (χ2n) is 10.6. The number of esters is 3. The molecule has 2 rings (SSSR count). The fraction of sp³-hybridized carbons (Fsp3) is 0.815. The van der Waals surface area contributed by atoms with E-state index in [-0.39, 0.29) is 59.5 Å². The molecule has 6 atom stereocenters. The number of ether oxygens (including phenoxy) is 11. The van der Waals surface area contributed by atoms with Gasteiger partial charge in [0.05, 0.1) is 46.2 Å². The summed E-state index contributed by atoms with van der Waals surface area (Å²) >= 11 is 0. The summed E-state index contributed by atoms with van der Waals surface area (Å²) < 4.78 is 54.5. The summed E-state index contributed by atoms with van der Waals surface area (Å²) in [5.74, 6) is -2.79. The first kappa shape index (κ1) is 39.8. The lowest BCUT2D eigenvalue weighted by atomic mass is 9.88. The molecule has 2 aliphatic rings. The minimum Gasteiger partial charge on any atom is -0.461 e. The van der Waals surface area contributed by atoms with Crippen molar-refractivity contribution in [3.63, 3.8) is 0 Å². The maximum absolute atomic E-state index is 11.9. The number of rotatable bonds is 24. The van der Waals surface area contributed by atoms with Gasteiger partial charge in [-0.15, -0.1) is 0 Å². The van der Waals surface area contributed by atoms with E-state index < -0.39 is 92.1 Å². The van der Waals surface area contributed by atoms with Crippen LogP contribution in [0, 0.1) is 5.41 Å². The maximum Gasteiger partial charge on any atom is 0.509 e. The van der Waals surface area contributed by atoms with Crippen LogP contribution >= 0.6 is 0 Å². The summed E-state index contributed by atoms with van der Waals surface area (Å²) in [4.78, 5) is 57.5. The first-order valence-corrected chi connectivity index (χ1v) is 14.5. The maximum atomic E-state index is 11.9. The molecule has 0 spiro atoms. The van der Waals surface area contributed by atoms with Gasteiger partial charge in [-0.25, -0.2) is 24.0 Å². The lowest BCUT2D eigenvalue weighted by Crippen LogP contribution is -2.40. The van der Waals surface area contributed by atoms with Crippen LogP contribution in [0.4, 0.5) is 9.59 Å². The van der Waals surface area contributed by atoms with Crippen molar-refractivity contribution in [3.05, 3.63) is 0 Å². The van der Waals surface area contributed by atoms with Crippen LogP contribution in [0.15, 0.2) is 0 Å². The normalized spacial score (nSPS) is 21.2. The quantitative estimate of drug-likeness (QED) is 0.0591. The van der Waals surface area contributed by atoms with Gasteiger partial charge in [0.1, 0.15) is 51.3 Å². The van der Waals surface area contributed by atoms with E-state index in [0.717, 1.165) is 0 Å². The van der Waals surface area contributed by atoms with Crippen molar-refractivity contribution >= 4 is 30.2 Å². The Balaban J connectivity index is 1.85. The van der Waals surface area contributed by atoms with E-state index in [1.54, 1.807) is 6.92 Å². The monoisotopic (exact) mass is 686 g/mol. The number of aliphatic hydroxyl groups excluding tert-OH is 4. The van der Waals surface area contributed by atoms with Crippen LogP contribution in [0.5, 0.6) is 0 Å². The number of carbonyl (C=O) groups is 5. The molecule has 47 heavy (non-hydrogen) atoms. The van der Waals surface area contributed by atoms with Gasteiger partial charge in [0.25, 0.3) is 0 Å². The summed E-state index contributed by atoms with van der Waals surface area (Å²) in [6.07, 6.45) is -9.43. The van der Waals surface area contributed by atoms with E-state index in [1.807, 2.05) is 0 Å². The molecule has 2 heterocycles. The molecule has 4 N–H and O–H groups in total. The molecule has 0 aromatic rings. The van der Waals surface area contributed by atoms with Crippen molar-refractivity contribution in [2.24, 2.45) is 5.41 Å². The molecule has 20 heteroatoms. The Bertz CT molecular complexity index is 951. The van der Waals surface area contributed by atoms with Gasteiger partial charge in [0.2, 0.25) is 12.2 Å². The molecule has 20 nitrogen and oxygen atoms in total. The van der Waals surface area contributed by atoms with Crippen molar-refractivity contribution < 1.29 is 96.5 Å². The molecule has 0 amide bonds. The third-order valence-corrected chi connectivity index (χ3v) is 6.46. The average molecular weight is 687 g/mol. The van der Waals surface area contributed by atoms with Gasteiger partial charge in [0.15, 0.2) is 6.10 Å². The summed E-state index contributed by atoms with van der Waals surface area (Å²) in [7, 11) is 1.29. The Labute approximate surface area is 268 Å². The Kier molecular flexibility index (Phi) is 17.6. The molecule has 0 saturated carbocycles. The number of hydrogen-bond acceptors (Lipinski definition) is 20. The molecule has 0 aliphatic carbocycles. The Morgan fingerprint density at radius 3 is 1.45 bits per heavy atom. The van der Waals surface area contributed by atoms with Crippen LogP contribution in [0.25, 0.3) is 0 Å². The summed E-state index contributed by atoms with van der Waals surface area (Å²) in [6.45, 7) is -1.69. The molecule has 270 valence electrons. The van der Waals surface area contributed by atoms with E-state index in [2.05, 4.69) is 23.7 Å². The topological polar surface area (TPSA) is 268 Å². The van der Waals surface area contributed by atoms with E-state index >= 15 is 0 Å². The van der Waals surface area contributed by atoms with E-state index in [4.69, 9.17) is 28.4 Å². The molecule has 2 fully saturated rings. The molecule has 0 bridgehead atoms. The second kappa shape index (κ2) is 20.8. The van der Waals surface area contributed by atoms with Crippen LogP contribution in [0.2, 0.25) is 0 Å². The Morgan fingerprint density at radius 2 is 1.11 bits per heavy atom. The van der Waals surface area contributed by atoms with Crippen LogP contribution in [-0.4, -0.2) is 174 Å². The molecule has 0 radical (unpaired) electrons. The third kappa shape index (κ3) is 14.9. The zero-order valence-electron chi connectivity index (χ0n) is 26.0. The number of hydrogen-bond donors (Lipinski definition) is 4. The van der Waals surface area contributed by atoms with Gasteiger partial charge in [-0.05, 0) is 6.42 Å². The zero-order chi connectivity index (χ0) is 34.8. The highest BCUT2D eigenvalue weighted by Crippen LogP contribution is 2.25. The van der Waals surface area contributed by atoms with Crippen molar-refractivity contribution in [2.75, 3.05) is 86.4 Å². The highest BCUT2D eigenvalue weighted by Gasteiger charge is 2.35. The summed E-state index contributed by atoms with van der Waals surface area (Å²) in [5.41, 5.74) is -0.928. The molecule has 0 aromatic carbocycles. The first-order valence-electron chi connectivity index (χ1n) is 14.5. The average Bonchev–Trinajstić information content (AvgIpc) is 3.69. The van der Waals surface area contributed by atoms with Gasteiger partial charge >= 0.3 is 30.2 Å². The van der Waals surface area contributed by atoms with Gasteiger partial charge in [-0.3, -0.25) is 0 Å². The summed E-state index contributed by atoms with van der Waals surface area (Å²) in [5, 5.41) is 40.2. The standard InChI is InChI=1S/C27H42O20/c1-3-27(13-38-4-16(28)7-41-22(32)19(31)10-37-2,14-39-5-17(29)8-42-23(33)20-11-44-25(35)46-20)15-40-6-18(30)9-43-24(34)21-12-45-26(36)47-21/h16-21,28-31H,3-15H2,1-2H3. The van der Waals surface area contributed by atoms with Crippen molar-refractivity contribution in [3.8, 4) is 0 Å². The third-order valence-electron chi connectivity index (χ3n) is 6.46. The molecule has 6 unspecified atom stereocenters. The summed E-state index contributed by atoms with van der Waals surface area (Å²) in [6, 6.07) is 0.